The van der Waals surface area contributed by atoms with Crippen molar-refractivity contribution in [2.24, 2.45) is 0 Å². The molecular formula is C16H20N4O2. The molecule has 2 rings (SSSR count). The Labute approximate surface area is 129 Å². The van der Waals surface area contributed by atoms with Gasteiger partial charge < -0.3 is 5.32 Å². The van der Waals surface area contributed by atoms with Crippen molar-refractivity contribution in [2.45, 2.75) is 33.2 Å². The van der Waals surface area contributed by atoms with E-state index in [9.17, 15) is 9.59 Å². The lowest BCUT2D eigenvalue weighted by Gasteiger charge is -2.11. The van der Waals surface area contributed by atoms with Crippen molar-refractivity contribution >= 4 is 11.9 Å². The molecule has 0 bridgehead atoms. The average molecular weight is 300 g/mol. The Morgan fingerprint density at radius 1 is 1.27 bits per heavy atom. The van der Waals surface area contributed by atoms with E-state index in [2.05, 4.69) is 15.7 Å². The van der Waals surface area contributed by atoms with Crippen molar-refractivity contribution in [1.29, 1.82) is 0 Å². The van der Waals surface area contributed by atoms with Crippen LogP contribution >= 0.6 is 0 Å². The minimum atomic E-state index is -0.494. The number of amides is 3. The second-order valence-electron chi connectivity index (χ2n) is 5.13. The van der Waals surface area contributed by atoms with Crippen LogP contribution in [0.1, 0.15) is 36.3 Å². The Morgan fingerprint density at radius 2 is 1.95 bits per heavy atom. The molecule has 1 aromatic carbocycles. The normalized spacial score (nSPS) is 11.8. The summed E-state index contributed by atoms with van der Waals surface area (Å²) in [6, 6.07) is 9.03. The molecule has 3 amide bonds. The molecule has 22 heavy (non-hydrogen) atoms. The molecule has 0 aliphatic rings. The number of imide groups is 1. The molecule has 0 radical (unpaired) electrons. The second-order valence-corrected chi connectivity index (χ2v) is 5.13. The van der Waals surface area contributed by atoms with Crippen LogP contribution in [0.5, 0.6) is 0 Å². The summed E-state index contributed by atoms with van der Waals surface area (Å²) < 4.78 is 1.67. The fourth-order valence-electron chi connectivity index (χ4n) is 1.99. The van der Waals surface area contributed by atoms with E-state index in [0.29, 0.717) is 11.3 Å². The van der Waals surface area contributed by atoms with E-state index in [1.54, 1.807) is 11.6 Å². The summed E-state index contributed by atoms with van der Waals surface area (Å²) in [5.74, 6) is -0.458. The van der Waals surface area contributed by atoms with E-state index >= 15 is 0 Å². The van der Waals surface area contributed by atoms with Crippen LogP contribution in [0.25, 0.3) is 5.69 Å². The van der Waals surface area contributed by atoms with Gasteiger partial charge in [-0.25, -0.2) is 9.48 Å². The predicted octanol–water partition coefficient (Wildman–Crippen LogP) is 2.42. The van der Waals surface area contributed by atoms with Gasteiger partial charge in [0.25, 0.3) is 5.91 Å². The highest BCUT2D eigenvalue weighted by Gasteiger charge is 2.17. The highest BCUT2D eigenvalue weighted by molar-refractivity contribution is 6.04. The van der Waals surface area contributed by atoms with Gasteiger partial charge in [-0.05, 0) is 32.4 Å². The minimum absolute atomic E-state index is 0.0148. The first kappa shape index (κ1) is 15.8. The van der Waals surface area contributed by atoms with E-state index in [1.165, 1.54) is 6.20 Å². The largest absolute Gasteiger partial charge is 0.335 e. The third-order valence-corrected chi connectivity index (χ3v) is 3.47. The number of rotatable bonds is 4. The number of benzene rings is 1. The quantitative estimate of drug-likeness (QED) is 0.910. The van der Waals surface area contributed by atoms with Gasteiger partial charge >= 0.3 is 6.03 Å². The average Bonchev–Trinajstić information content (AvgIpc) is 2.89. The number of nitrogens with zero attached hydrogens (tertiary/aromatic N) is 2. The standard InChI is InChI=1S/C16H20N4O2/c1-4-11(2)18-16(22)19-15(21)14-10-17-20(12(14)3)13-8-6-5-7-9-13/h5-11H,4H2,1-3H3,(H2,18,19,21,22). The first-order valence-corrected chi connectivity index (χ1v) is 7.24. The van der Waals surface area contributed by atoms with E-state index in [-0.39, 0.29) is 6.04 Å². The number of aromatic nitrogens is 2. The molecule has 1 atom stereocenters. The number of urea groups is 1. The van der Waals surface area contributed by atoms with Crippen molar-refractivity contribution in [1.82, 2.24) is 20.4 Å². The van der Waals surface area contributed by atoms with Crippen LogP contribution in [0.4, 0.5) is 4.79 Å². The minimum Gasteiger partial charge on any atom is -0.335 e. The van der Waals surface area contributed by atoms with Crippen LogP contribution < -0.4 is 10.6 Å². The number of carbonyl (C=O) groups excluding carboxylic acids is 2. The lowest BCUT2D eigenvalue weighted by Crippen LogP contribution is -2.43. The molecule has 0 saturated heterocycles. The Morgan fingerprint density at radius 3 is 2.59 bits per heavy atom. The van der Waals surface area contributed by atoms with Gasteiger partial charge in [-0.15, -0.1) is 0 Å². The Kier molecular flexibility index (Phi) is 4.93. The van der Waals surface area contributed by atoms with Crippen LogP contribution in [-0.2, 0) is 0 Å². The van der Waals surface area contributed by atoms with E-state index < -0.39 is 11.9 Å². The van der Waals surface area contributed by atoms with Gasteiger partial charge in [0.05, 0.1) is 23.1 Å². The summed E-state index contributed by atoms with van der Waals surface area (Å²) in [6.07, 6.45) is 2.26. The van der Waals surface area contributed by atoms with Gasteiger partial charge in [-0.1, -0.05) is 25.1 Å². The summed E-state index contributed by atoms with van der Waals surface area (Å²) in [6.45, 7) is 5.63. The molecule has 0 fully saturated rings. The van der Waals surface area contributed by atoms with Gasteiger partial charge in [0.2, 0.25) is 0 Å². The summed E-state index contributed by atoms with van der Waals surface area (Å²) >= 11 is 0. The van der Waals surface area contributed by atoms with Crippen molar-refractivity contribution in [3.8, 4) is 5.69 Å². The molecule has 1 unspecified atom stereocenters. The van der Waals surface area contributed by atoms with Gasteiger partial charge in [-0.2, -0.15) is 5.10 Å². The number of hydrogen-bond acceptors (Lipinski definition) is 3. The molecule has 1 heterocycles. The van der Waals surface area contributed by atoms with E-state index in [4.69, 9.17) is 0 Å². The van der Waals surface area contributed by atoms with Crippen LogP contribution in [0.2, 0.25) is 0 Å². The zero-order valence-electron chi connectivity index (χ0n) is 13.0. The molecular weight excluding hydrogens is 280 g/mol. The molecule has 116 valence electrons. The van der Waals surface area contributed by atoms with Crippen molar-refractivity contribution in [2.75, 3.05) is 0 Å². The molecule has 0 spiro atoms. The SMILES string of the molecule is CCC(C)NC(=O)NC(=O)c1cnn(-c2ccccc2)c1C. The van der Waals surface area contributed by atoms with E-state index in [1.807, 2.05) is 44.2 Å². The van der Waals surface area contributed by atoms with Crippen molar-refractivity contribution in [3.63, 3.8) is 0 Å². The van der Waals surface area contributed by atoms with Gasteiger partial charge in [0.1, 0.15) is 0 Å². The second kappa shape index (κ2) is 6.89. The Hall–Kier alpha value is -2.63. The predicted molar refractivity (Wildman–Crippen MR) is 84.1 cm³/mol. The van der Waals surface area contributed by atoms with Crippen molar-refractivity contribution < 1.29 is 9.59 Å². The van der Waals surface area contributed by atoms with Crippen LogP contribution in [0, 0.1) is 6.92 Å². The first-order valence-electron chi connectivity index (χ1n) is 7.24. The summed E-state index contributed by atoms with van der Waals surface area (Å²) in [5, 5.41) is 9.23. The van der Waals surface area contributed by atoms with Crippen molar-refractivity contribution in [3.05, 3.63) is 47.8 Å². The zero-order valence-corrected chi connectivity index (χ0v) is 13.0. The van der Waals surface area contributed by atoms with Crippen LogP contribution in [0.15, 0.2) is 36.5 Å². The van der Waals surface area contributed by atoms with E-state index in [0.717, 1.165) is 12.1 Å². The monoisotopic (exact) mass is 300 g/mol. The maximum Gasteiger partial charge on any atom is 0.321 e. The fourth-order valence-corrected chi connectivity index (χ4v) is 1.99. The Bertz CT molecular complexity index is 664. The van der Waals surface area contributed by atoms with Gasteiger partial charge in [0, 0.05) is 6.04 Å². The molecule has 6 nitrogen and oxygen atoms in total. The smallest absolute Gasteiger partial charge is 0.321 e. The molecule has 2 aromatic rings. The lowest BCUT2D eigenvalue weighted by atomic mass is 10.2. The molecule has 1 aromatic heterocycles. The summed E-state index contributed by atoms with van der Waals surface area (Å²) in [4.78, 5) is 23.9. The number of hydrogen-bond donors (Lipinski definition) is 2. The number of para-hydroxylation sites is 1. The lowest BCUT2D eigenvalue weighted by molar-refractivity contribution is 0.0963. The third-order valence-electron chi connectivity index (χ3n) is 3.47. The summed E-state index contributed by atoms with van der Waals surface area (Å²) in [5.41, 5.74) is 1.92. The first-order chi connectivity index (χ1) is 10.5. The molecule has 2 N–H and O–H groups in total. The summed E-state index contributed by atoms with van der Waals surface area (Å²) in [7, 11) is 0. The maximum atomic E-state index is 12.2. The highest BCUT2D eigenvalue weighted by atomic mass is 16.2. The molecule has 0 saturated carbocycles. The highest BCUT2D eigenvalue weighted by Crippen LogP contribution is 2.13. The zero-order chi connectivity index (χ0) is 16.1. The molecule has 0 aliphatic heterocycles. The third kappa shape index (κ3) is 3.52. The maximum absolute atomic E-state index is 12.2. The Balaban J connectivity index is 2.12. The fraction of sp³-hybridized carbons (Fsp3) is 0.312. The number of nitrogens with one attached hydrogen (secondary N) is 2. The topological polar surface area (TPSA) is 76.0 Å². The van der Waals surface area contributed by atoms with Gasteiger partial charge in [0.15, 0.2) is 0 Å². The van der Waals surface area contributed by atoms with Gasteiger partial charge in [-0.3, -0.25) is 10.1 Å². The van der Waals surface area contributed by atoms with Crippen LogP contribution in [-0.4, -0.2) is 27.8 Å². The molecule has 6 heteroatoms. The van der Waals surface area contributed by atoms with Crippen LogP contribution in [0.3, 0.4) is 0 Å². The molecule has 0 aliphatic carbocycles. The number of carbonyl (C=O) groups is 2.